The van der Waals surface area contributed by atoms with Crippen LogP contribution in [-0.4, -0.2) is 39.0 Å². The van der Waals surface area contributed by atoms with Gasteiger partial charge in [0.1, 0.15) is 0 Å². The fourth-order valence-corrected chi connectivity index (χ4v) is 3.83. The zero-order valence-corrected chi connectivity index (χ0v) is 13.5. The maximum absolute atomic E-state index is 5.64. The van der Waals surface area contributed by atoms with Crippen molar-refractivity contribution in [2.75, 3.05) is 26.9 Å². The van der Waals surface area contributed by atoms with Crippen molar-refractivity contribution in [2.45, 2.75) is 44.5 Å². The molecule has 3 atom stereocenters. The van der Waals surface area contributed by atoms with Gasteiger partial charge >= 0.3 is 0 Å². The molecule has 4 heteroatoms. The van der Waals surface area contributed by atoms with Crippen LogP contribution in [-0.2, 0) is 22.6 Å². The summed E-state index contributed by atoms with van der Waals surface area (Å²) in [6, 6.07) is 9.79. The zero-order chi connectivity index (χ0) is 15.2. The maximum Gasteiger partial charge on any atom is 0.0713 e. The smallest absolute Gasteiger partial charge is 0.0713 e. The number of hydrogen-bond donors (Lipinski definition) is 2. The minimum absolute atomic E-state index is 0.522. The van der Waals surface area contributed by atoms with E-state index in [-0.39, 0.29) is 0 Å². The number of hydrogen-bond acceptors (Lipinski definition) is 4. The summed E-state index contributed by atoms with van der Waals surface area (Å²) >= 11 is 0. The molecule has 0 bridgehead atoms. The van der Waals surface area contributed by atoms with E-state index in [1.165, 1.54) is 30.4 Å². The fourth-order valence-electron chi connectivity index (χ4n) is 3.83. The summed E-state index contributed by atoms with van der Waals surface area (Å²) in [5.41, 5.74) is 2.58. The molecule has 1 aliphatic heterocycles. The maximum atomic E-state index is 5.64. The van der Waals surface area contributed by atoms with Crippen LogP contribution in [0.3, 0.4) is 0 Å². The van der Waals surface area contributed by atoms with Gasteiger partial charge in [-0.3, -0.25) is 0 Å². The van der Waals surface area contributed by atoms with Crippen LogP contribution in [0.1, 0.15) is 30.4 Å². The topological polar surface area (TPSA) is 42.5 Å². The molecule has 2 fully saturated rings. The Hall–Kier alpha value is -0.940. The Morgan fingerprint density at radius 2 is 2.23 bits per heavy atom. The largest absolute Gasteiger partial charge is 0.380 e. The molecule has 0 aromatic heterocycles. The molecular formula is C18H28N2O2. The molecule has 1 aromatic carbocycles. The summed E-state index contributed by atoms with van der Waals surface area (Å²) in [5, 5.41) is 7.41. The number of morpholine rings is 1. The highest BCUT2D eigenvalue weighted by atomic mass is 16.5. The van der Waals surface area contributed by atoms with Crippen molar-refractivity contribution in [3.8, 4) is 0 Å². The Balaban J connectivity index is 1.54. The molecule has 4 nitrogen and oxygen atoms in total. The number of benzene rings is 1. The van der Waals surface area contributed by atoms with E-state index in [0.717, 1.165) is 26.3 Å². The Bertz CT molecular complexity index is 460. The van der Waals surface area contributed by atoms with Gasteiger partial charge in [-0.1, -0.05) is 30.7 Å². The van der Waals surface area contributed by atoms with Gasteiger partial charge in [0.25, 0.3) is 0 Å². The van der Waals surface area contributed by atoms with Gasteiger partial charge in [0, 0.05) is 32.3 Å². The van der Waals surface area contributed by atoms with Crippen LogP contribution in [0.15, 0.2) is 24.3 Å². The van der Waals surface area contributed by atoms with Crippen molar-refractivity contribution in [3.63, 3.8) is 0 Å². The molecule has 3 rings (SSSR count). The second-order valence-corrected chi connectivity index (χ2v) is 6.47. The van der Waals surface area contributed by atoms with Crippen LogP contribution >= 0.6 is 0 Å². The van der Waals surface area contributed by atoms with Gasteiger partial charge in [0.05, 0.1) is 19.8 Å². The molecule has 2 aliphatic rings. The number of rotatable bonds is 6. The lowest BCUT2D eigenvalue weighted by atomic mass is 9.94. The van der Waals surface area contributed by atoms with Crippen molar-refractivity contribution >= 4 is 0 Å². The van der Waals surface area contributed by atoms with Crippen LogP contribution in [0, 0.1) is 5.92 Å². The lowest BCUT2D eigenvalue weighted by Gasteiger charge is -2.33. The SMILES string of the molecule is COCc1cccc(CNC2CCCC2C2COCCN2)c1. The molecule has 0 radical (unpaired) electrons. The zero-order valence-electron chi connectivity index (χ0n) is 13.5. The molecule has 3 unspecified atom stereocenters. The summed E-state index contributed by atoms with van der Waals surface area (Å²) in [5.74, 6) is 0.697. The minimum Gasteiger partial charge on any atom is -0.380 e. The first-order valence-electron chi connectivity index (χ1n) is 8.48. The molecule has 0 amide bonds. The van der Waals surface area contributed by atoms with Gasteiger partial charge in [0.15, 0.2) is 0 Å². The van der Waals surface area contributed by atoms with E-state index in [2.05, 4.69) is 34.9 Å². The van der Waals surface area contributed by atoms with Gasteiger partial charge < -0.3 is 20.1 Å². The van der Waals surface area contributed by atoms with Gasteiger partial charge in [-0.15, -0.1) is 0 Å². The van der Waals surface area contributed by atoms with Crippen molar-refractivity contribution in [2.24, 2.45) is 5.92 Å². The van der Waals surface area contributed by atoms with E-state index in [1.807, 2.05) is 0 Å². The predicted molar refractivity (Wildman–Crippen MR) is 87.7 cm³/mol. The standard InChI is InChI=1S/C18H28N2O2/c1-21-12-15-5-2-4-14(10-15)11-20-17-7-3-6-16(17)18-13-22-9-8-19-18/h2,4-5,10,16-20H,3,6-9,11-13H2,1H3. The molecule has 1 saturated heterocycles. The quantitative estimate of drug-likeness (QED) is 0.844. The third kappa shape index (κ3) is 4.07. The summed E-state index contributed by atoms with van der Waals surface area (Å²) < 4.78 is 10.9. The van der Waals surface area contributed by atoms with Gasteiger partial charge in [0.2, 0.25) is 0 Å². The first-order chi connectivity index (χ1) is 10.9. The van der Waals surface area contributed by atoms with Gasteiger partial charge in [-0.05, 0) is 29.9 Å². The Morgan fingerprint density at radius 3 is 3.05 bits per heavy atom. The molecule has 0 spiro atoms. The van der Waals surface area contributed by atoms with Crippen LogP contribution < -0.4 is 10.6 Å². The molecule has 22 heavy (non-hydrogen) atoms. The third-order valence-corrected chi connectivity index (χ3v) is 4.91. The molecule has 1 saturated carbocycles. The van der Waals surface area contributed by atoms with Crippen LogP contribution in [0.5, 0.6) is 0 Å². The lowest BCUT2D eigenvalue weighted by molar-refractivity contribution is 0.0524. The van der Waals surface area contributed by atoms with Crippen molar-refractivity contribution in [1.29, 1.82) is 0 Å². The highest BCUT2D eigenvalue weighted by Gasteiger charge is 2.34. The Kier molecular flexibility index (Phi) is 5.84. The highest BCUT2D eigenvalue weighted by Crippen LogP contribution is 2.29. The van der Waals surface area contributed by atoms with Crippen LogP contribution in [0.2, 0.25) is 0 Å². The first-order valence-corrected chi connectivity index (χ1v) is 8.48. The molecule has 2 N–H and O–H groups in total. The first kappa shape index (κ1) is 15.9. The summed E-state index contributed by atoms with van der Waals surface area (Å²) in [6.07, 6.45) is 3.91. The average Bonchev–Trinajstić information content (AvgIpc) is 3.03. The van der Waals surface area contributed by atoms with E-state index in [0.29, 0.717) is 24.6 Å². The van der Waals surface area contributed by atoms with E-state index >= 15 is 0 Å². The van der Waals surface area contributed by atoms with Crippen LogP contribution in [0.25, 0.3) is 0 Å². The summed E-state index contributed by atoms with van der Waals surface area (Å²) in [4.78, 5) is 0. The Morgan fingerprint density at radius 1 is 1.32 bits per heavy atom. The number of methoxy groups -OCH3 is 1. The number of nitrogens with one attached hydrogen (secondary N) is 2. The highest BCUT2D eigenvalue weighted by molar-refractivity contribution is 5.23. The lowest BCUT2D eigenvalue weighted by Crippen LogP contribution is -2.50. The average molecular weight is 304 g/mol. The molecule has 122 valence electrons. The Labute approximate surface area is 133 Å². The second-order valence-electron chi connectivity index (χ2n) is 6.47. The van der Waals surface area contributed by atoms with Gasteiger partial charge in [-0.25, -0.2) is 0 Å². The molecular weight excluding hydrogens is 276 g/mol. The predicted octanol–water partition coefficient (Wildman–Crippen LogP) is 2.08. The normalized spacial score (nSPS) is 28.9. The molecule has 1 heterocycles. The second kappa shape index (κ2) is 8.06. The third-order valence-electron chi connectivity index (χ3n) is 4.91. The van der Waals surface area contributed by atoms with E-state index in [4.69, 9.17) is 9.47 Å². The molecule has 1 aliphatic carbocycles. The fraction of sp³-hybridized carbons (Fsp3) is 0.667. The van der Waals surface area contributed by atoms with Crippen LogP contribution in [0.4, 0.5) is 0 Å². The number of ether oxygens (including phenoxy) is 2. The summed E-state index contributed by atoms with van der Waals surface area (Å²) in [7, 11) is 1.74. The van der Waals surface area contributed by atoms with E-state index in [1.54, 1.807) is 7.11 Å². The monoisotopic (exact) mass is 304 g/mol. The van der Waals surface area contributed by atoms with Crippen molar-refractivity contribution in [3.05, 3.63) is 35.4 Å². The minimum atomic E-state index is 0.522. The van der Waals surface area contributed by atoms with Crippen molar-refractivity contribution in [1.82, 2.24) is 10.6 Å². The van der Waals surface area contributed by atoms with Crippen molar-refractivity contribution < 1.29 is 9.47 Å². The van der Waals surface area contributed by atoms with E-state index in [9.17, 15) is 0 Å². The van der Waals surface area contributed by atoms with E-state index < -0.39 is 0 Å². The summed E-state index contributed by atoms with van der Waals surface area (Å²) in [6.45, 7) is 4.34. The molecule has 1 aromatic rings. The van der Waals surface area contributed by atoms with Gasteiger partial charge in [-0.2, -0.15) is 0 Å².